The Morgan fingerprint density at radius 2 is 2.33 bits per heavy atom. The molecule has 1 fully saturated rings. The van der Waals surface area contributed by atoms with Crippen LogP contribution in [-0.2, 0) is 4.79 Å². The molecule has 1 unspecified atom stereocenters. The molecule has 1 aliphatic heterocycles. The van der Waals surface area contributed by atoms with Crippen LogP contribution in [0, 0.1) is 0 Å². The maximum atomic E-state index is 10.3. The zero-order valence-electron chi connectivity index (χ0n) is 6.80. The first-order valence-corrected chi connectivity index (χ1v) is 3.95. The van der Waals surface area contributed by atoms with E-state index in [1.165, 1.54) is 0 Å². The van der Waals surface area contributed by atoms with Gasteiger partial charge in [0.2, 0.25) is 0 Å². The number of piperazine rings is 1. The van der Waals surface area contributed by atoms with Crippen molar-refractivity contribution in [3.05, 3.63) is 0 Å². The van der Waals surface area contributed by atoms with E-state index in [-0.39, 0.29) is 13.0 Å². The second-order valence-corrected chi connectivity index (χ2v) is 3.09. The molecule has 1 heterocycles. The van der Waals surface area contributed by atoms with Gasteiger partial charge in [0.15, 0.2) is 0 Å². The molecule has 0 saturated carbocycles. The molecule has 12 heavy (non-hydrogen) atoms. The van der Waals surface area contributed by atoms with Crippen molar-refractivity contribution in [2.24, 2.45) is 0 Å². The summed E-state index contributed by atoms with van der Waals surface area (Å²) in [7, 11) is 0. The van der Waals surface area contributed by atoms with E-state index in [1.807, 2.05) is 0 Å². The van der Waals surface area contributed by atoms with Gasteiger partial charge in [-0.3, -0.25) is 0 Å². The van der Waals surface area contributed by atoms with Crippen molar-refractivity contribution >= 4 is 5.97 Å². The van der Waals surface area contributed by atoms with Gasteiger partial charge in [0.05, 0.1) is 12.1 Å². The molecule has 1 saturated heterocycles. The molecule has 70 valence electrons. The number of rotatable bonds is 3. The number of carbonyl (C=O) groups excluding carboxylic acids is 1. The predicted molar refractivity (Wildman–Crippen MR) is 40.3 cm³/mol. The molecule has 0 amide bonds. The van der Waals surface area contributed by atoms with Crippen LogP contribution in [0.1, 0.15) is 6.42 Å². The third-order valence-electron chi connectivity index (χ3n) is 2.05. The Morgan fingerprint density at radius 1 is 1.58 bits per heavy atom. The minimum atomic E-state index is -1.14. The number of aliphatic carboxylic acids is 1. The van der Waals surface area contributed by atoms with Crippen LogP contribution < -0.4 is 15.7 Å². The topological polar surface area (TPSA) is 84.4 Å². The lowest BCUT2D eigenvalue weighted by Crippen LogP contribution is -2.63. The van der Waals surface area contributed by atoms with Gasteiger partial charge < -0.3 is 25.6 Å². The second-order valence-electron chi connectivity index (χ2n) is 3.09. The summed E-state index contributed by atoms with van der Waals surface area (Å²) >= 11 is 0. The summed E-state index contributed by atoms with van der Waals surface area (Å²) in [4.78, 5) is 10.3. The Labute approximate surface area is 70.8 Å². The van der Waals surface area contributed by atoms with E-state index in [2.05, 4.69) is 10.6 Å². The quantitative estimate of drug-likeness (QED) is 0.425. The largest absolute Gasteiger partial charge is 0.550 e. The van der Waals surface area contributed by atoms with Gasteiger partial charge in [0.1, 0.15) is 0 Å². The minimum absolute atomic E-state index is 0.156. The number of aliphatic hydroxyl groups excluding tert-OH is 1. The average molecular weight is 173 g/mol. The summed E-state index contributed by atoms with van der Waals surface area (Å²) in [5, 5.41) is 25.3. The molecule has 1 atom stereocenters. The number of carbonyl (C=O) groups is 1. The van der Waals surface area contributed by atoms with E-state index in [0.717, 1.165) is 6.54 Å². The van der Waals surface area contributed by atoms with E-state index in [9.17, 15) is 9.90 Å². The smallest absolute Gasteiger partial charge is 0.0629 e. The van der Waals surface area contributed by atoms with Gasteiger partial charge in [-0.2, -0.15) is 0 Å². The Bertz CT molecular complexity index is 166. The molecule has 0 radical (unpaired) electrons. The summed E-state index contributed by atoms with van der Waals surface area (Å²) in [5.74, 6) is -1.14. The van der Waals surface area contributed by atoms with Gasteiger partial charge in [-0.05, 0) is 0 Å². The number of carboxylic acids is 1. The zero-order valence-corrected chi connectivity index (χ0v) is 6.80. The van der Waals surface area contributed by atoms with Crippen LogP contribution in [0.15, 0.2) is 0 Å². The van der Waals surface area contributed by atoms with Gasteiger partial charge in [-0.25, -0.2) is 0 Å². The van der Waals surface area contributed by atoms with E-state index in [1.54, 1.807) is 0 Å². The first-order chi connectivity index (χ1) is 5.68. The van der Waals surface area contributed by atoms with Crippen molar-refractivity contribution < 1.29 is 15.0 Å². The van der Waals surface area contributed by atoms with Crippen LogP contribution in [-0.4, -0.2) is 42.9 Å². The van der Waals surface area contributed by atoms with E-state index < -0.39 is 11.5 Å². The Balaban J connectivity index is 2.53. The molecule has 0 aromatic carbocycles. The molecule has 3 N–H and O–H groups in total. The number of hydrogen-bond donors (Lipinski definition) is 3. The summed E-state index contributed by atoms with van der Waals surface area (Å²) in [6, 6.07) is 0. The Kier molecular flexibility index (Phi) is 3.02. The maximum Gasteiger partial charge on any atom is 0.0629 e. The summed E-state index contributed by atoms with van der Waals surface area (Å²) < 4.78 is 0. The molecule has 0 aliphatic carbocycles. The van der Waals surface area contributed by atoms with Gasteiger partial charge in [-0.1, -0.05) is 0 Å². The highest BCUT2D eigenvalue weighted by atomic mass is 16.4. The summed E-state index contributed by atoms with van der Waals surface area (Å²) in [6.45, 7) is 1.76. The molecular formula is C7H13N2O3-. The van der Waals surface area contributed by atoms with E-state index in [4.69, 9.17) is 5.11 Å². The SMILES string of the molecule is O=C([O-])CC1(CO)CNCCN1. The fourth-order valence-corrected chi connectivity index (χ4v) is 1.38. The van der Waals surface area contributed by atoms with Crippen molar-refractivity contribution in [1.82, 2.24) is 10.6 Å². The predicted octanol–water partition coefficient (Wildman–Crippen LogP) is -2.95. The highest BCUT2D eigenvalue weighted by molar-refractivity contribution is 5.66. The second kappa shape index (κ2) is 3.84. The van der Waals surface area contributed by atoms with E-state index in [0.29, 0.717) is 13.1 Å². The lowest BCUT2D eigenvalue weighted by atomic mass is 9.94. The molecule has 0 aromatic rings. The maximum absolute atomic E-state index is 10.3. The lowest BCUT2D eigenvalue weighted by Gasteiger charge is -2.37. The van der Waals surface area contributed by atoms with Gasteiger partial charge in [0.25, 0.3) is 0 Å². The normalized spacial score (nSPS) is 30.1. The summed E-state index contributed by atoms with van der Waals surface area (Å²) in [5.41, 5.74) is -0.725. The molecule has 5 heteroatoms. The third-order valence-corrected chi connectivity index (χ3v) is 2.05. The highest BCUT2D eigenvalue weighted by Crippen LogP contribution is 2.09. The standard InChI is InChI=1S/C7H14N2O3/c10-5-7(3-6(11)12)4-8-1-2-9-7/h8-10H,1-5H2,(H,11,12)/p-1. The van der Waals surface area contributed by atoms with Crippen molar-refractivity contribution in [3.8, 4) is 0 Å². The van der Waals surface area contributed by atoms with Gasteiger partial charge >= 0.3 is 0 Å². The van der Waals surface area contributed by atoms with Crippen molar-refractivity contribution in [3.63, 3.8) is 0 Å². The van der Waals surface area contributed by atoms with Crippen molar-refractivity contribution in [2.75, 3.05) is 26.2 Å². The van der Waals surface area contributed by atoms with Crippen LogP contribution in [0.25, 0.3) is 0 Å². The number of aliphatic hydroxyl groups is 1. The molecule has 1 aliphatic rings. The number of hydrogen-bond acceptors (Lipinski definition) is 5. The first-order valence-electron chi connectivity index (χ1n) is 3.95. The highest BCUT2D eigenvalue weighted by Gasteiger charge is 2.30. The van der Waals surface area contributed by atoms with Crippen LogP contribution in [0.5, 0.6) is 0 Å². The van der Waals surface area contributed by atoms with Crippen LogP contribution >= 0.6 is 0 Å². The average Bonchev–Trinajstić information content (AvgIpc) is 2.05. The van der Waals surface area contributed by atoms with Crippen LogP contribution in [0.4, 0.5) is 0 Å². The fourth-order valence-electron chi connectivity index (χ4n) is 1.38. The van der Waals surface area contributed by atoms with Crippen LogP contribution in [0.3, 0.4) is 0 Å². The summed E-state index contributed by atoms with van der Waals surface area (Å²) in [6.07, 6.45) is -0.156. The van der Waals surface area contributed by atoms with Crippen molar-refractivity contribution in [1.29, 1.82) is 0 Å². The minimum Gasteiger partial charge on any atom is -0.550 e. The molecule has 0 spiro atoms. The number of nitrogens with one attached hydrogen (secondary N) is 2. The number of carboxylic acid groups (broad SMARTS) is 1. The van der Waals surface area contributed by atoms with Gasteiger partial charge in [0, 0.05) is 32.0 Å². The molecule has 5 nitrogen and oxygen atoms in total. The molecule has 1 rings (SSSR count). The van der Waals surface area contributed by atoms with Gasteiger partial charge in [-0.15, -0.1) is 0 Å². The van der Waals surface area contributed by atoms with Crippen LogP contribution in [0.2, 0.25) is 0 Å². The zero-order chi connectivity index (χ0) is 9.03. The monoisotopic (exact) mass is 173 g/mol. The van der Waals surface area contributed by atoms with Crippen molar-refractivity contribution in [2.45, 2.75) is 12.0 Å². The Morgan fingerprint density at radius 3 is 2.75 bits per heavy atom. The lowest BCUT2D eigenvalue weighted by molar-refractivity contribution is -0.307. The fraction of sp³-hybridized carbons (Fsp3) is 0.857. The Hall–Kier alpha value is -0.650. The van der Waals surface area contributed by atoms with E-state index >= 15 is 0 Å². The third kappa shape index (κ3) is 2.17. The molecular weight excluding hydrogens is 160 g/mol. The first kappa shape index (κ1) is 9.44. The molecule has 0 bridgehead atoms. The molecule has 0 aromatic heterocycles.